The average Bonchev–Trinajstić information content (AvgIpc) is 3.31. The number of benzene rings is 1. The first-order chi connectivity index (χ1) is 16.9. The Morgan fingerprint density at radius 2 is 2.06 bits per heavy atom. The average molecular weight is 503 g/mol. The lowest BCUT2D eigenvalue weighted by Gasteiger charge is -2.37. The Bertz CT molecular complexity index is 947. The lowest BCUT2D eigenvalue weighted by Crippen LogP contribution is -2.48. The van der Waals surface area contributed by atoms with E-state index in [2.05, 4.69) is 31.9 Å². The summed E-state index contributed by atoms with van der Waals surface area (Å²) in [6.45, 7) is 10.8. The topological polar surface area (TPSA) is 71.5 Å². The van der Waals surface area contributed by atoms with Crippen LogP contribution in [0.5, 0.6) is 11.5 Å². The van der Waals surface area contributed by atoms with Gasteiger partial charge in [-0.2, -0.15) is 0 Å². The summed E-state index contributed by atoms with van der Waals surface area (Å²) in [6, 6.07) is 9.44. The molecule has 192 valence electrons. The molecule has 8 heteroatoms. The third-order valence-electron chi connectivity index (χ3n) is 5.86. The summed E-state index contributed by atoms with van der Waals surface area (Å²) in [6.07, 6.45) is 1.91. The first kappa shape index (κ1) is 27.2. The van der Waals surface area contributed by atoms with E-state index < -0.39 is 6.10 Å². The largest absolute Gasteiger partial charge is 0.493 e. The predicted molar refractivity (Wildman–Crippen MR) is 139 cm³/mol. The molecule has 1 aliphatic heterocycles. The van der Waals surface area contributed by atoms with Gasteiger partial charge in [0.25, 0.3) is 0 Å². The summed E-state index contributed by atoms with van der Waals surface area (Å²) in [7, 11) is 1.62. The van der Waals surface area contributed by atoms with Gasteiger partial charge >= 0.3 is 0 Å². The third kappa shape index (κ3) is 7.80. The van der Waals surface area contributed by atoms with E-state index in [-0.39, 0.29) is 25.1 Å². The summed E-state index contributed by atoms with van der Waals surface area (Å²) in [5, 5.41) is 12.5. The van der Waals surface area contributed by atoms with Gasteiger partial charge in [0.05, 0.1) is 32.4 Å². The minimum Gasteiger partial charge on any atom is -0.493 e. The second-order valence-electron chi connectivity index (χ2n) is 9.18. The summed E-state index contributed by atoms with van der Waals surface area (Å²) in [5.74, 6) is 1.73. The number of thiophene rings is 1. The Kier molecular flexibility index (Phi) is 10.6. The smallest absolute Gasteiger partial charge is 0.237 e. The summed E-state index contributed by atoms with van der Waals surface area (Å²) in [5.41, 5.74) is 1.14. The molecule has 0 spiro atoms. The molecule has 0 aliphatic carbocycles. The number of ether oxygens (including phenoxy) is 3. The molecular formula is C27H38N2O5S. The summed E-state index contributed by atoms with van der Waals surface area (Å²) < 4.78 is 17.1. The maximum Gasteiger partial charge on any atom is 0.237 e. The molecule has 1 aliphatic rings. The van der Waals surface area contributed by atoms with E-state index in [1.165, 1.54) is 4.88 Å². The SMILES string of the molecule is C=CCN(CC(=O)N1CCc2sccc2[C@@H]1COc1ccccc1OC)C[C@H](O)COCC(C)C. The number of carbonyl (C=O) groups is 1. The molecule has 2 aromatic rings. The molecule has 0 saturated heterocycles. The molecule has 0 fully saturated rings. The Balaban J connectivity index is 1.67. The molecule has 2 heterocycles. The van der Waals surface area contributed by atoms with Crippen LogP contribution in [0.15, 0.2) is 48.4 Å². The van der Waals surface area contributed by atoms with Gasteiger partial charge in [0, 0.05) is 31.1 Å². The quantitative estimate of drug-likeness (QED) is 0.397. The van der Waals surface area contributed by atoms with Crippen LogP contribution in [0.2, 0.25) is 0 Å². The summed E-state index contributed by atoms with van der Waals surface area (Å²) >= 11 is 1.72. The number of rotatable bonds is 14. The number of aliphatic hydroxyl groups is 1. The molecule has 1 N–H and O–H groups in total. The fraction of sp³-hybridized carbons (Fsp3) is 0.519. The number of carbonyl (C=O) groups excluding carboxylic acids is 1. The van der Waals surface area contributed by atoms with Crippen molar-refractivity contribution >= 4 is 17.2 Å². The fourth-order valence-electron chi connectivity index (χ4n) is 4.24. The van der Waals surface area contributed by atoms with Gasteiger partial charge in [0.2, 0.25) is 5.91 Å². The standard InChI is InChI=1S/C27H38N2O5S/c1-5-12-28(15-21(30)18-33-17-20(2)3)16-27(31)29-13-10-26-22(11-14-35-26)23(29)19-34-25-9-7-6-8-24(25)32-4/h5-9,11,14,20-21,23,30H,1,10,12-13,15-19H2,2-4H3/t21-,23-/m0/s1. The Hall–Kier alpha value is -2.39. The monoisotopic (exact) mass is 502 g/mol. The molecule has 35 heavy (non-hydrogen) atoms. The number of aliphatic hydroxyl groups excluding tert-OH is 1. The minimum absolute atomic E-state index is 0.00706. The zero-order chi connectivity index (χ0) is 25.2. The molecule has 1 amide bonds. The van der Waals surface area contributed by atoms with Crippen molar-refractivity contribution in [2.24, 2.45) is 5.92 Å². The Morgan fingerprint density at radius 3 is 2.77 bits per heavy atom. The van der Waals surface area contributed by atoms with Crippen molar-refractivity contribution in [1.82, 2.24) is 9.80 Å². The maximum atomic E-state index is 13.5. The van der Waals surface area contributed by atoms with Crippen LogP contribution >= 0.6 is 11.3 Å². The molecule has 2 atom stereocenters. The highest BCUT2D eigenvalue weighted by Crippen LogP contribution is 2.35. The number of fused-ring (bicyclic) bond motifs is 1. The molecule has 0 bridgehead atoms. The van der Waals surface area contributed by atoms with Crippen molar-refractivity contribution in [3.05, 3.63) is 58.8 Å². The minimum atomic E-state index is -0.670. The molecule has 1 aromatic carbocycles. The van der Waals surface area contributed by atoms with Crippen LogP contribution in [0, 0.1) is 5.92 Å². The number of amides is 1. The Labute approximate surface area is 212 Å². The van der Waals surface area contributed by atoms with Crippen molar-refractivity contribution in [3.8, 4) is 11.5 Å². The second kappa shape index (κ2) is 13.6. The van der Waals surface area contributed by atoms with Gasteiger partial charge in [-0.3, -0.25) is 9.69 Å². The molecule has 7 nitrogen and oxygen atoms in total. The third-order valence-corrected chi connectivity index (χ3v) is 6.85. The van der Waals surface area contributed by atoms with E-state index in [1.807, 2.05) is 34.1 Å². The van der Waals surface area contributed by atoms with E-state index in [1.54, 1.807) is 24.5 Å². The lowest BCUT2D eigenvalue weighted by atomic mass is 10.0. The van der Waals surface area contributed by atoms with Crippen LogP contribution in [0.3, 0.4) is 0 Å². The first-order valence-corrected chi connectivity index (χ1v) is 13.0. The highest BCUT2D eigenvalue weighted by molar-refractivity contribution is 7.10. The number of methoxy groups -OCH3 is 1. The lowest BCUT2D eigenvalue weighted by molar-refractivity contribution is -0.136. The van der Waals surface area contributed by atoms with Crippen molar-refractivity contribution < 1.29 is 24.1 Å². The van der Waals surface area contributed by atoms with E-state index in [4.69, 9.17) is 14.2 Å². The van der Waals surface area contributed by atoms with Crippen molar-refractivity contribution in [3.63, 3.8) is 0 Å². The van der Waals surface area contributed by atoms with Crippen molar-refractivity contribution in [2.75, 3.05) is 53.1 Å². The normalized spacial score (nSPS) is 16.3. The van der Waals surface area contributed by atoms with E-state index >= 15 is 0 Å². The molecule has 0 saturated carbocycles. The zero-order valence-electron chi connectivity index (χ0n) is 21.0. The van der Waals surface area contributed by atoms with Gasteiger partial charge in [-0.25, -0.2) is 0 Å². The Morgan fingerprint density at radius 1 is 1.29 bits per heavy atom. The van der Waals surface area contributed by atoms with Crippen LogP contribution in [0.4, 0.5) is 0 Å². The molecular weight excluding hydrogens is 464 g/mol. The van der Waals surface area contributed by atoms with E-state index in [0.717, 1.165) is 12.0 Å². The molecule has 0 radical (unpaired) electrons. The summed E-state index contributed by atoms with van der Waals surface area (Å²) in [4.78, 5) is 18.6. The number of hydrogen-bond donors (Lipinski definition) is 1. The highest BCUT2D eigenvalue weighted by Gasteiger charge is 2.33. The van der Waals surface area contributed by atoms with Crippen LogP contribution < -0.4 is 9.47 Å². The van der Waals surface area contributed by atoms with Gasteiger partial charge in [0.1, 0.15) is 6.61 Å². The first-order valence-electron chi connectivity index (χ1n) is 12.1. The van der Waals surface area contributed by atoms with Gasteiger partial charge < -0.3 is 24.2 Å². The number of hydrogen-bond acceptors (Lipinski definition) is 7. The van der Waals surface area contributed by atoms with Gasteiger partial charge in [-0.15, -0.1) is 17.9 Å². The van der Waals surface area contributed by atoms with Gasteiger partial charge in [-0.1, -0.05) is 32.1 Å². The highest BCUT2D eigenvalue weighted by atomic mass is 32.1. The second-order valence-corrected chi connectivity index (χ2v) is 10.2. The maximum absolute atomic E-state index is 13.5. The number of para-hydroxylation sites is 2. The van der Waals surface area contributed by atoms with Gasteiger partial charge in [0.15, 0.2) is 11.5 Å². The van der Waals surface area contributed by atoms with Crippen molar-refractivity contribution in [2.45, 2.75) is 32.4 Å². The van der Waals surface area contributed by atoms with Crippen LogP contribution in [0.25, 0.3) is 0 Å². The zero-order valence-corrected chi connectivity index (χ0v) is 21.8. The molecule has 0 unspecified atom stereocenters. The van der Waals surface area contributed by atoms with Crippen LogP contribution in [-0.4, -0.2) is 80.0 Å². The van der Waals surface area contributed by atoms with Crippen LogP contribution in [-0.2, 0) is 16.0 Å². The van der Waals surface area contributed by atoms with E-state index in [0.29, 0.717) is 50.3 Å². The van der Waals surface area contributed by atoms with Gasteiger partial charge in [-0.05, 0) is 41.5 Å². The predicted octanol–water partition coefficient (Wildman–Crippen LogP) is 3.78. The molecule has 1 aromatic heterocycles. The van der Waals surface area contributed by atoms with Crippen molar-refractivity contribution in [1.29, 1.82) is 0 Å². The number of nitrogens with zero attached hydrogens (tertiary/aromatic N) is 2. The fourth-order valence-corrected chi connectivity index (χ4v) is 5.17. The van der Waals surface area contributed by atoms with Crippen LogP contribution in [0.1, 0.15) is 30.3 Å². The van der Waals surface area contributed by atoms with E-state index in [9.17, 15) is 9.90 Å². The molecule has 3 rings (SSSR count).